The average molecular weight is 408 g/mol. The third-order valence-corrected chi connectivity index (χ3v) is 5.71. The second-order valence-electron chi connectivity index (χ2n) is 7.60. The summed E-state index contributed by atoms with van der Waals surface area (Å²) in [5.41, 5.74) is 3.23. The predicted octanol–water partition coefficient (Wildman–Crippen LogP) is 5.11. The Morgan fingerprint density at radius 1 is 0.862 bits per heavy atom. The molecule has 0 unspecified atom stereocenters. The lowest BCUT2D eigenvalue weighted by Gasteiger charge is -2.26. The zero-order valence-electron chi connectivity index (χ0n) is 16.6. The minimum Gasteiger partial charge on any atom is -0.303 e. The van der Waals surface area contributed by atoms with Crippen LogP contribution in [-0.2, 0) is 6.54 Å². The minimum absolute atomic E-state index is 0.0411. The molecule has 0 spiro atoms. The van der Waals surface area contributed by atoms with Crippen molar-refractivity contribution in [2.75, 3.05) is 19.6 Å². The number of halogens is 1. The van der Waals surface area contributed by atoms with Gasteiger partial charge in [-0.1, -0.05) is 60.5 Å². The number of benzene rings is 2. The van der Waals surface area contributed by atoms with Gasteiger partial charge in [0.15, 0.2) is 0 Å². The molecule has 4 nitrogen and oxygen atoms in total. The summed E-state index contributed by atoms with van der Waals surface area (Å²) in [4.78, 5) is 15.7. The molecule has 29 heavy (non-hydrogen) atoms. The summed E-state index contributed by atoms with van der Waals surface area (Å²) < 4.78 is 1.63. The van der Waals surface area contributed by atoms with Gasteiger partial charge in [-0.05, 0) is 62.7 Å². The molecule has 150 valence electrons. The number of likely N-dealkylation sites (tertiary alicyclic amines) is 1. The quantitative estimate of drug-likeness (QED) is 0.570. The molecule has 3 aromatic rings. The largest absolute Gasteiger partial charge is 0.303 e. The molecule has 1 aliphatic heterocycles. The normalized spacial score (nSPS) is 14.8. The first-order valence-electron chi connectivity index (χ1n) is 10.4. The number of nitrogens with zero attached hydrogens (tertiary/aromatic N) is 3. The SMILES string of the molecule is O=c1c(-c2ccccc2)cc(-c2cccc(Cl)c2)nn1CCCN1CCCCC1. The molecule has 0 bridgehead atoms. The topological polar surface area (TPSA) is 38.1 Å². The summed E-state index contributed by atoms with van der Waals surface area (Å²) in [5.74, 6) is 0. The maximum absolute atomic E-state index is 13.2. The molecule has 0 amide bonds. The smallest absolute Gasteiger partial charge is 0.274 e. The molecule has 0 aliphatic carbocycles. The van der Waals surface area contributed by atoms with Gasteiger partial charge in [-0.2, -0.15) is 5.10 Å². The lowest BCUT2D eigenvalue weighted by atomic mass is 10.0. The van der Waals surface area contributed by atoms with Crippen LogP contribution in [0.15, 0.2) is 65.5 Å². The van der Waals surface area contributed by atoms with E-state index >= 15 is 0 Å². The lowest BCUT2D eigenvalue weighted by Crippen LogP contribution is -2.32. The van der Waals surface area contributed by atoms with Crippen LogP contribution in [0.1, 0.15) is 25.7 Å². The fraction of sp³-hybridized carbons (Fsp3) is 0.333. The van der Waals surface area contributed by atoms with E-state index in [1.54, 1.807) is 4.68 Å². The summed E-state index contributed by atoms with van der Waals surface area (Å²) in [6.07, 6.45) is 4.81. The molecule has 5 heteroatoms. The van der Waals surface area contributed by atoms with Crippen LogP contribution in [0.4, 0.5) is 0 Å². The number of aromatic nitrogens is 2. The Bertz CT molecular complexity index is 1010. The zero-order chi connectivity index (χ0) is 20.1. The monoisotopic (exact) mass is 407 g/mol. The van der Waals surface area contributed by atoms with E-state index < -0.39 is 0 Å². The Morgan fingerprint density at radius 3 is 2.38 bits per heavy atom. The summed E-state index contributed by atoms with van der Waals surface area (Å²) in [6, 6.07) is 19.3. The van der Waals surface area contributed by atoms with Crippen molar-refractivity contribution in [3.63, 3.8) is 0 Å². The van der Waals surface area contributed by atoms with E-state index in [2.05, 4.69) is 10.00 Å². The number of piperidine rings is 1. The Morgan fingerprint density at radius 2 is 1.62 bits per heavy atom. The highest BCUT2D eigenvalue weighted by Crippen LogP contribution is 2.24. The van der Waals surface area contributed by atoms with Crippen LogP contribution in [0.5, 0.6) is 0 Å². The third kappa shape index (κ3) is 4.95. The lowest BCUT2D eigenvalue weighted by molar-refractivity contribution is 0.221. The third-order valence-electron chi connectivity index (χ3n) is 5.47. The maximum atomic E-state index is 13.2. The van der Waals surface area contributed by atoms with Crippen molar-refractivity contribution in [2.45, 2.75) is 32.2 Å². The van der Waals surface area contributed by atoms with E-state index in [1.807, 2.05) is 60.7 Å². The summed E-state index contributed by atoms with van der Waals surface area (Å²) in [5, 5.41) is 5.34. The van der Waals surface area contributed by atoms with Crippen molar-refractivity contribution in [2.24, 2.45) is 0 Å². The Hall–Kier alpha value is -2.43. The fourth-order valence-corrected chi connectivity index (χ4v) is 4.12. The van der Waals surface area contributed by atoms with Gasteiger partial charge in [0, 0.05) is 17.1 Å². The number of aryl methyl sites for hydroxylation is 1. The molecule has 4 rings (SSSR count). The second kappa shape index (κ2) is 9.38. The van der Waals surface area contributed by atoms with Crippen LogP contribution in [0.25, 0.3) is 22.4 Å². The van der Waals surface area contributed by atoms with Crippen LogP contribution >= 0.6 is 11.6 Å². The minimum atomic E-state index is -0.0411. The Balaban J connectivity index is 1.65. The van der Waals surface area contributed by atoms with Crippen molar-refractivity contribution in [3.8, 4) is 22.4 Å². The van der Waals surface area contributed by atoms with Crippen molar-refractivity contribution in [1.29, 1.82) is 0 Å². The molecule has 2 aromatic carbocycles. The summed E-state index contributed by atoms with van der Waals surface area (Å²) >= 11 is 6.19. The van der Waals surface area contributed by atoms with Gasteiger partial charge in [0.25, 0.3) is 5.56 Å². The highest BCUT2D eigenvalue weighted by molar-refractivity contribution is 6.30. The van der Waals surface area contributed by atoms with E-state index in [-0.39, 0.29) is 5.56 Å². The van der Waals surface area contributed by atoms with Gasteiger partial charge in [0.05, 0.1) is 11.3 Å². The van der Waals surface area contributed by atoms with Gasteiger partial charge >= 0.3 is 0 Å². The molecule has 0 saturated carbocycles. The fourth-order valence-electron chi connectivity index (χ4n) is 3.93. The van der Waals surface area contributed by atoms with E-state index in [4.69, 9.17) is 11.6 Å². The van der Waals surface area contributed by atoms with Crippen LogP contribution in [0.3, 0.4) is 0 Å². The predicted molar refractivity (Wildman–Crippen MR) is 119 cm³/mol. The summed E-state index contributed by atoms with van der Waals surface area (Å²) in [6.45, 7) is 3.96. The van der Waals surface area contributed by atoms with Gasteiger partial charge in [-0.25, -0.2) is 4.68 Å². The standard InChI is InChI=1S/C24H26ClN3O/c25-21-12-7-11-20(17-21)23-18-22(19-9-3-1-4-10-19)24(29)28(26-23)16-8-15-27-13-5-2-6-14-27/h1,3-4,7,9-12,17-18H,2,5-6,8,13-16H2. The first kappa shape index (κ1) is 19.9. The van der Waals surface area contributed by atoms with Crippen molar-refractivity contribution in [1.82, 2.24) is 14.7 Å². The van der Waals surface area contributed by atoms with Crippen LogP contribution < -0.4 is 5.56 Å². The van der Waals surface area contributed by atoms with Gasteiger partial charge in [-0.3, -0.25) is 4.79 Å². The van der Waals surface area contributed by atoms with Crippen LogP contribution in [0.2, 0.25) is 5.02 Å². The molecule has 1 aliphatic rings. The average Bonchev–Trinajstić information content (AvgIpc) is 2.76. The van der Waals surface area contributed by atoms with Gasteiger partial charge in [0.2, 0.25) is 0 Å². The Kier molecular flexibility index (Phi) is 6.43. The second-order valence-corrected chi connectivity index (χ2v) is 8.04. The van der Waals surface area contributed by atoms with E-state index in [9.17, 15) is 4.79 Å². The maximum Gasteiger partial charge on any atom is 0.274 e. The molecular weight excluding hydrogens is 382 g/mol. The van der Waals surface area contributed by atoms with Crippen molar-refractivity contribution in [3.05, 3.63) is 76.0 Å². The van der Waals surface area contributed by atoms with Gasteiger partial charge in [-0.15, -0.1) is 0 Å². The van der Waals surface area contributed by atoms with Crippen molar-refractivity contribution >= 4 is 11.6 Å². The number of hydrogen-bond donors (Lipinski definition) is 0. The first-order chi connectivity index (χ1) is 14.2. The molecular formula is C24H26ClN3O. The van der Waals surface area contributed by atoms with Crippen molar-refractivity contribution < 1.29 is 0 Å². The molecule has 1 aromatic heterocycles. The van der Waals surface area contributed by atoms with Crippen LogP contribution in [-0.4, -0.2) is 34.3 Å². The van der Waals surface area contributed by atoms with Gasteiger partial charge in [0.1, 0.15) is 0 Å². The first-order valence-corrected chi connectivity index (χ1v) is 10.7. The number of hydrogen-bond acceptors (Lipinski definition) is 3. The molecule has 1 saturated heterocycles. The van der Waals surface area contributed by atoms with Crippen LogP contribution in [0, 0.1) is 0 Å². The molecule has 0 radical (unpaired) electrons. The molecule has 0 atom stereocenters. The molecule has 0 N–H and O–H groups in total. The highest BCUT2D eigenvalue weighted by Gasteiger charge is 2.13. The number of rotatable bonds is 6. The molecule has 1 fully saturated rings. The Labute approximate surface area is 176 Å². The summed E-state index contributed by atoms with van der Waals surface area (Å²) in [7, 11) is 0. The van der Waals surface area contributed by atoms with E-state index in [0.717, 1.165) is 29.8 Å². The van der Waals surface area contributed by atoms with E-state index in [0.29, 0.717) is 17.1 Å². The van der Waals surface area contributed by atoms with E-state index in [1.165, 1.54) is 32.4 Å². The highest BCUT2D eigenvalue weighted by atomic mass is 35.5. The van der Waals surface area contributed by atoms with Gasteiger partial charge < -0.3 is 4.90 Å². The molecule has 2 heterocycles. The zero-order valence-corrected chi connectivity index (χ0v) is 17.3.